The first-order chi connectivity index (χ1) is 10.5. The number of aliphatic hydroxyl groups is 1. The lowest BCUT2D eigenvalue weighted by Crippen LogP contribution is -2.14. The van der Waals surface area contributed by atoms with Crippen molar-refractivity contribution in [3.8, 4) is 5.69 Å². The first-order valence-corrected chi connectivity index (χ1v) is 8.18. The Labute approximate surface area is 141 Å². The molecule has 1 amide bonds. The van der Waals surface area contributed by atoms with E-state index >= 15 is 0 Å². The van der Waals surface area contributed by atoms with Gasteiger partial charge in [-0.2, -0.15) is 0 Å². The van der Waals surface area contributed by atoms with Crippen molar-refractivity contribution in [1.29, 1.82) is 0 Å². The van der Waals surface area contributed by atoms with Crippen molar-refractivity contribution < 1.29 is 9.90 Å². The third-order valence-corrected chi connectivity index (χ3v) is 4.24. The molecule has 2 aromatic rings. The molecule has 0 unspecified atom stereocenters. The third kappa shape index (κ3) is 4.13. The predicted octanol–water partition coefficient (Wildman–Crippen LogP) is 2.08. The molecule has 0 aliphatic rings. The van der Waals surface area contributed by atoms with Crippen molar-refractivity contribution in [2.75, 3.05) is 12.4 Å². The fraction of sp³-hybridized carbons (Fsp3) is 0.308. The molecule has 2 rings (SSSR count). The maximum atomic E-state index is 11.0. The molecule has 0 radical (unpaired) electrons. The van der Waals surface area contributed by atoms with Gasteiger partial charge in [-0.05, 0) is 24.6 Å². The molecule has 0 saturated carbocycles. The van der Waals surface area contributed by atoms with E-state index in [1.807, 2.05) is 0 Å². The van der Waals surface area contributed by atoms with E-state index in [9.17, 15) is 4.79 Å². The van der Waals surface area contributed by atoms with Crippen molar-refractivity contribution in [2.45, 2.75) is 18.0 Å². The maximum Gasteiger partial charge on any atom is 0.227 e. The van der Waals surface area contributed by atoms with Crippen LogP contribution >= 0.6 is 35.0 Å². The SMILES string of the molecule is NC(=O)CSc1nnc(CCCO)n1-c1ccc(Cl)cc1Cl. The maximum absolute atomic E-state index is 11.0. The Hall–Kier alpha value is -1.28. The van der Waals surface area contributed by atoms with Crippen molar-refractivity contribution in [1.82, 2.24) is 14.8 Å². The van der Waals surface area contributed by atoms with Crippen LogP contribution in [0.15, 0.2) is 23.4 Å². The number of carbonyl (C=O) groups excluding carboxylic acids is 1. The molecule has 0 saturated heterocycles. The fourth-order valence-electron chi connectivity index (χ4n) is 1.83. The summed E-state index contributed by atoms with van der Waals surface area (Å²) >= 11 is 13.3. The molecule has 1 aromatic heterocycles. The van der Waals surface area contributed by atoms with Crippen LogP contribution in [0.3, 0.4) is 0 Å². The summed E-state index contributed by atoms with van der Waals surface area (Å²) in [6.45, 7) is 0.0466. The quantitative estimate of drug-likeness (QED) is 0.737. The van der Waals surface area contributed by atoms with Gasteiger partial charge in [0.1, 0.15) is 5.82 Å². The second-order valence-electron chi connectivity index (χ2n) is 4.41. The number of thioether (sulfide) groups is 1. The Kier molecular flexibility index (Phi) is 6.07. The van der Waals surface area contributed by atoms with E-state index in [4.69, 9.17) is 34.0 Å². The largest absolute Gasteiger partial charge is 0.396 e. The smallest absolute Gasteiger partial charge is 0.227 e. The number of halogens is 2. The van der Waals surface area contributed by atoms with Gasteiger partial charge >= 0.3 is 0 Å². The summed E-state index contributed by atoms with van der Waals surface area (Å²) in [5.74, 6) is 0.285. The van der Waals surface area contributed by atoms with Crippen molar-refractivity contribution >= 4 is 40.9 Å². The van der Waals surface area contributed by atoms with Gasteiger partial charge < -0.3 is 10.8 Å². The molecule has 118 valence electrons. The van der Waals surface area contributed by atoms with Gasteiger partial charge in [-0.3, -0.25) is 9.36 Å². The number of hydrogen-bond donors (Lipinski definition) is 2. The number of hydrogen-bond acceptors (Lipinski definition) is 5. The number of nitrogens with zero attached hydrogens (tertiary/aromatic N) is 3. The van der Waals surface area contributed by atoms with Crippen LogP contribution in [-0.2, 0) is 11.2 Å². The molecule has 3 N–H and O–H groups in total. The number of nitrogens with two attached hydrogens (primary N) is 1. The zero-order chi connectivity index (χ0) is 16.1. The second-order valence-corrected chi connectivity index (χ2v) is 6.20. The van der Waals surface area contributed by atoms with Gasteiger partial charge in [0.15, 0.2) is 5.16 Å². The summed E-state index contributed by atoms with van der Waals surface area (Å²) in [5, 5.41) is 18.7. The molecule has 0 fully saturated rings. The standard InChI is InChI=1S/C13H14Cl2N4O2S/c14-8-3-4-10(9(15)6-8)19-12(2-1-5-20)17-18-13(19)22-7-11(16)21/h3-4,6,20H,1-2,5,7H2,(H2,16,21). The highest BCUT2D eigenvalue weighted by atomic mass is 35.5. The van der Waals surface area contributed by atoms with Crippen molar-refractivity contribution in [3.63, 3.8) is 0 Å². The monoisotopic (exact) mass is 360 g/mol. The molecular weight excluding hydrogens is 347 g/mol. The summed E-state index contributed by atoms with van der Waals surface area (Å²) in [6.07, 6.45) is 1.07. The average Bonchev–Trinajstić information content (AvgIpc) is 2.86. The highest BCUT2D eigenvalue weighted by molar-refractivity contribution is 7.99. The van der Waals surface area contributed by atoms with E-state index in [0.717, 1.165) is 0 Å². The minimum atomic E-state index is -0.446. The topological polar surface area (TPSA) is 94.0 Å². The molecule has 22 heavy (non-hydrogen) atoms. The lowest BCUT2D eigenvalue weighted by Gasteiger charge is -2.11. The first-order valence-electron chi connectivity index (χ1n) is 6.44. The lowest BCUT2D eigenvalue weighted by atomic mass is 10.2. The zero-order valence-electron chi connectivity index (χ0n) is 11.5. The number of aryl methyl sites for hydroxylation is 1. The van der Waals surface area contributed by atoms with E-state index in [1.165, 1.54) is 11.8 Å². The van der Waals surface area contributed by atoms with E-state index in [0.29, 0.717) is 39.6 Å². The zero-order valence-corrected chi connectivity index (χ0v) is 13.8. The normalized spacial score (nSPS) is 10.9. The summed E-state index contributed by atoms with van der Waals surface area (Å²) in [7, 11) is 0. The summed E-state index contributed by atoms with van der Waals surface area (Å²) < 4.78 is 1.75. The third-order valence-electron chi connectivity index (χ3n) is 2.75. The Morgan fingerprint density at radius 1 is 1.36 bits per heavy atom. The van der Waals surface area contributed by atoms with Crippen molar-refractivity contribution in [3.05, 3.63) is 34.1 Å². The number of carbonyl (C=O) groups is 1. The molecule has 0 spiro atoms. The molecular formula is C13H14Cl2N4O2S. The minimum absolute atomic E-state index is 0.0466. The van der Waals surface area contributed by atoms with E-state index in [-0.39, 0.29) is 12.4 Å². The van der Waals surface area contributed by atoms with Crippen LogP contribution in [0, 0.1) is 0 Å². The molecule has 1 aromatic carbocycles. The first kappa shape index (κ1) is 17.1. The number of aliphatic hydroxyl groups excluding tert-OH is 1. The van der Waals surface area contributed by atoms with Crippen LogP contribution in [0.2, 0.25) is 10.0 Å². The second kappa shape index (κ2) is 7.82. The summed E-state index contributed by atoms with van der Waals surface area (Å²) in [4.78, 5) is 11.0. The Morgan fingerprint density at radius 3 is 2.77 bits per heavy atom. The Morgan fingerprint density at radius 2 is 2.14 bits per heavy atom. The van der Waals surface area contributed by atoms with Gasteiger partial charge in [0.05, 0.1) is 16.5 Å². The molecule has 1 heterocycles. The van der Waals surface area contributed by atoms with Crippen LogP contribution < -0.4 is 5.73 Å². The number of amides is 1. The number of rotatable bonds is 7. The average molecular weight is 361 g/mol. The number of benzene rings is 1. The number of primary amides is 1. The fourth-order valence-corrected chi connectivity index (χ4v) is 3.03. The molecule has 6 nitrogen and oxygen atoms in total. The van der Waals surface area contributed by atoms with Crippen LogP contribution in [0.4, 0.5) is 0 Å². The summed E-state index contributed by atoms with van der Waals surface area (Å²) in [6, 6.07) is 5.09. The van der Waals surface area contributed by atoms with Gasteiger partial charge in [-0.25, -0.2) is 0 Å². The predicted molar refractivity (Wildman–Crippen MR) is 86.7 cm³/mol. The summed E-state index contributed by atoms with van der Waals surface area (Å²) in [5.41, 5.74) is 5.83. The van der Waals surface area contributed by atoms with Gasteiger partial charge in [0, 0.05) is 18.1 Å². The highest BCUT2D eigenvalue weighted by Crippen LogP contribution is 2.29. The van der Waals surface area contributed by atoms with Gasteiger partial charge in [-0.1, -0.05) is 35.0 Å². The minimum Gasteiger partial charge on any atom is -0.396 e. The van der Waals surface area contributed by atoms with Crippen LogP contribution in [-0.4, -0.2) is 38.1 Å². The molecule has 9 heteroatoms. The Bertz CT molecular complexity index is 678. The molecule has 0 aliphatic heterocycles. The van der Waals surface area contributed by atoms with Crippen LogP contribution in [0.25, 0.3) is 5.69 Å². The molecule has 0 aliphatic carbocycles. The van der Waals surface area contributed by atoms with E-state index in [1.54, 1.807) is 22.8 Å². The van der Waals surface area contributed by atoms with Gasteiger partial charge in [0.2, 0.25) is 5.91 Å². The number of aromatic nitrogens is 3. The Balaban J connectivity index is 2.43. The highest BCUT2D eigenvalue weighted by Gasteiger charge is 2.17. The lowest BCUT2D eigenvalue weighted by molar-refractivity contribution is -0.115. The van der Waals surface area contributed by atoms with E-state index < -0.39 is 5.91 Å². The van der Waals surface area contributed by atoms with Gasteiger partial charge in [0.25, 0.3) is 0 Å². The van der Waals surface area contributed by atoms with Gasteiger partial charge in [-0.15, -0.1) is 10.2 Å². The van der Waals surface area contributed by atoms with Crippen LogP contribution in [0.1, 0.15) is 12.2 Å². The molecule has 0 atom stereocenters. The van der Waals surface area contributed by atoms with E-state index in [2.05, 4.69) is 10.2 Å². The van der Waals surface area contributed by atoms with Crippen molar-refractivity contribution in [2.24, 2.45) is 5.73 Å². The van der Waals surface area contributed by atoms with Crippen LogP contribution in [0.5, 0.6) is 0 Å². The molecule has 0 bridgehead atoms.